The molecular formula is C27H39N3O3. The van der Waals surface area contributed by atoms with Gasteiger partial charge in [0.2, 0.25) is 0 Å². The predicted molar refractivity (Wildman–Crippen MR) is 138 cm³/mol. The van der Waals surface area contributed by atoms with Crippen LogP contribution in [-0.2, 0) is 9.59 Å². The van der Waals surface area contributed by atoms with Crippen LogP contribution in [0.5, 0.6) is 0 Å². The molecular weight excluding hydrogens is 414 g/mol. The SMILES string of the molecule is C=C/C=c1/c(C(=O)C(=O)N2CCN(C(=O)C(/C=C\C)=C/C=C)CC2)c[nH]/c1=C/C.CC.CC. The van der Waals surface area contributed by atoms with Gasteiger partial charge in [0.05, 0.1) is 5.56 Å². The molecule has 0 atom stereocenters. The number of H-pyrrole nitrogens is 1. The van der Waals surface area contributed by atoms with E-state index in [-0.39, 0.29) is 5.91 Å². The molecule has 2 heterocycles. The van der Waals surface area contributed by atoms with E-state index in [9.17, 15) is 14.4 Å². The number of aromatic nitrogens is 1. The average molecular weight is 454 g/mol. The third-order valence-corrected chi connectivity index (χ3v) is 4.71. The van der Waals surface area contributed by atoms with Crippen LogP contribution in [-0.4, -0.2) is 58.6 Å². The third kappa shape index (κ3) is 7.90. The first-order valence-corrected chi connectivity index (χ1v) is 11.5. The number of carbonyl (C=O) groups is 3. The van der Waals surface area contributed by atoms with Gasteiger partial charge in [-0.2, -0.15) is 0 Å². The van der Waals surface area contributed by atoms with Gasteiger partial charge in [0, 0.05) is 48.5 Å². The Labute approximate surface area is 198 Å². The Balaban J connectivity index is 0.00000242. The fourth-order valence-electron chi connectivity index (χ4n) is 3.23. The highest BCUT2D eigenvalue weighted by molar-refractivity contribution is 6.42. The lowest BCUT2D eigenvalue weighted by Crippen LogP contribution is -2.52. The monoisotopic (exact) mass is 453 g/mol. The minimum Gasteiger partial charge on any atom is -0.361 e. The number of piperazine rings is 1. The molecule has 1 fully saturated rings. The number of hydrogen-bond donors (Lipinski definition) is 1. The molecule has 1 aromatic heterocycles. The summed E-state index contributed by atoms with van der Waals surface area (Å²) in [5, 5.41) is 1.42. The zero-order valence-electron chi connectivity index (χ0n) is 21.0. The van der Waals surface area contributed by atoms with Crippen LogP contribution in [0.1, 0.15) is 51.9 Å². The minimum atomic E-state index is -0.566. The summed E-state index contributed by atoms with van der Waals surface area (Å²) in [6.07, 6.45) is 13.4. The number of nitrogens with zero attached hydrogens (tertiary/aromatic N) is 2. The molecule has 0 unspecified atom stereocenters. The van der Waals surface area contributed by atoms with Crippen LogP contribution in [0, 0.1) is 0 Å². The largest absolute Gasteiger partial charge is 0.361 e. The molecule has 1 aromatic rings. The van der Waals surface area contributed by atoms with Gasteiger partial charge in [0.1, 0.15) is 0 Å². The zero-order chi connectivity index (χ0) is 25.4. The molecule has 1 N–H and O–H groups in total. The maximum absolute atomic E-state index is 12.8. The summed E-state index contributed by atoms with van der Waals surface area (Å²) >= 11 is 0. The quantitative estimate of drug-likeness (QED) is 0.311. The third-order valence-electron chi connectivity index (χ3n) is 4.71. The summed E-state index contributed by atoms with van der Waals surface area (Å²) in [5.41, 5.74) is 0.865. The van der Waals surface area contributed by atoms with Crippen molar-refractivity contribution in [2.24, 2.45) is 0 Å². The van der Waals surface area contributed by atoms with Gasteiger partial charge in [-0.05, 0) is 13.8 Å². The molecule has 0 radical (unpaired) electrons. The highest BCUT2D eigenvalue weighted by Crippen LogP contribution is 2.10. The van der Waals surface area contributed by atoms with Crippen molar-refractivity contribution in [2.45, 2.75) is 41.5 Å². The summed E-state index contributed by atoms with van der Waals surface area (Å²) < 4.78 is 0. The summed E-state index contributed by atoms with van der Waals surface area (Å²) in [4.78, 5) is 44.3. The Morgan fingerprint density at radius 1 is 0.909 bits per heavy atom. The number of hydrogen-bond acceptors (Lipinski definition) is 3. The number of carbonyl (C=O) groups excluding carboxylic acids is 3. The second-order valence-electron chi connectivity index (χ2n) is 6.49. The van der Waals surface area contributed by atoms with Crippen molar-refractivity contribution in [3.05, 3.63) is 71.4 Å². The van der Waals surface area contributed by atoms with Crippen LogP contribution >= 0.6 is 0 Å². The number of rotatable bonds is 6. The summed E-state index contributed by atoms with van der Waals surface area (Å²) in [7, 11) is 0. The number of aromatic amines is 1. The van der Waals surface area contributed by atoms with Crippen molar-refractivity contribution in [3.8, 4) is 0 Å². The highest BCUT2D eigenvalue weighted by atomic mass is 16.2. The van der Waals surface area contributed by atoms with Crippen molar-refractivity contribution in [2.75, 3.05) is 26.2 Å². The van der Waals surface area contributed by atoms with Gasteiger partial charge in [-0.1, -0.05) is 83.4 Å². The van der Waals surface area contributed by atoms with Crippen molar-refractivity contribution in [1.82, 2.24) is 14.8 Å². The predicted octanol–water partition coefficient (Wildman–Crippen LogP) is 3.38. The van der Waals surface area contributed by atoms with Gasteiger partial charge < -0.3 is 14.8 Å². The first-order valence-electron chi connectivity index (χ1n) is 11.5. The summed E-state index contributed by atoms with van der Waals surface area (Å²) in [6, 6.07) is 0. The molecule has 33 heavy (non-hydrogen) atoms. The van der Waals surface area contributed by atoms with Crippen LogP contribution in [0.15, 0.2) is 55.3 Å². The first-order chi connectivity index (χ1) is 16.0. The van der Waals surface area contributed by atoms with Crippen LogP contribution in [0.2, 0.25) is 0 Å². The molecule has 0 saturated carbocycles. The number of allylic oxidation sites excluding steroid dienone is 4. The molecule has 1 aliphatic rings. The van der Waals surface area contributed by atoms with Crippen molar-refractivity contribution >= 4 is 29.7 Å². The van der Waals surface area contributed by atoms with Crippen LogP contribution in [0.3, 0.4) is 0 Å². The zero-order valence-corrected chi connectivity index (χ0v) is 21.0. The van der Waals surface area contributed by atoms with Crippen LogP contribution in [0.25, 0.3) is 12.2 Å². The Bertz CT molecular complexity index is 988. The molecule has 6 heteroatoms. The number of amides is 2. The van der Waals surface area contributed by atoms with Gasteiger partial charge in [0.25, 0.3) is 17.6 Å². The molecule has 0 spiro atoms. The van der Waals surface area contributed by atoms with Gasteiger partial charge >= 0.3 is 0 Å². The molecule has 0 bridgehead atoms. The van der Waals surface area contributed by atoms with Gasteiger partial charge in [-0.25, -0.2) is 0 Å². The molecule has 2 rings (SSSR count). The van der Waals surface area contributed by atoms with E-state index in [0.29, 0.717) is 42.5 Å². The van der Waals surface area contributed by atoms with Crippen molar-refractivity contribution in [3.63, 3.8) is 0 Å². The standard InChI is InChI=1S/C23H27N3O3.2C2H6/c1-5-9-17(10-6-2)22(28)25-12-14-26(15-13-25)23(29)21(27)19-16-24-20(8-4)18(19)11-7-3;2*1-2/h5-11,16,24H,1,3,12-15H2,2,4H3;2*1-2H3/b10-6-,17-9+,18-11-,20-8+;;. The van der Waals surface area contributed by atoms with E-state index >= 15 is 0 Å². The molecule has 0 aliphatic carbocycles. The second kappa shape index (κ2) is 16.3. The van der Waals surface area contributed by atoms with E-state index < -0.39 is 11.7 Å². The van der Waals surface area contributed by atoms with E-state index in [2.05, 4.69) is 18.1 Å². The molecule has 0 aromatic carbocycles. The van der Waals surface area contributed by atoms with E-state index in [1.165, 1.54) is 4.90 Å². The Morgan fingerprint density at radius 3 is 1.91 bits per heavy atom. The number of ketones is 1. The molecule has 180 valence electrons. The fourth-order valence-corrected chi connectivity index (χ4v) is 3.23. The minimum absolute atomic E-state index is 0.113. The van der Waals surface area contributed by atoms with Crippen molar-refractivity contribution < 1.29 is 14.4 Å². The van der Waals surface area contributed by atoms with Crippen LogP contribution < -0.4 is 10.6 Å². The van der Waals surface area contributed by atoms with E-state index in [4.69, 9.17) is 0 Å². The van der Waals surface area contributed by atoms with E-state index in [1.807, 2.05) is 47.6 Å². The lowest BCUT2D eigenvalue weighted by molar-refractivity contribution is -0.134. The molecule has 6 nitrogen and oxygen atoms in total. The normalized spacial score (nSPS) is 14.8. The topological polar surface area (TPSA) is 73.5 Å². The van der Waals surface area contributed by atoms with E-state index in [0.717, 1.165) is 5.35 Å². The summed E-state index contributed by atoms with van der Waals surface area (Å²) in [6.45, 7) is 20.4. The number of nitrogens with one attached hydrogen (secondary N) is 1. The lowest BCUT2D eigenvalue weighted by Gasteiger charge is -2.34. The van der Waals surface area contributed by atoms with Crippen LogP contribution in [0.4, 0.5) is 0 Å². The van der Waals surface area contributed by atoms with Gasteiger partial charge in [-0.15, -0.1) is 0 Å². The van der Waals surface area contributed by atoms with Gasteiger partial charge in [-0.3, -0.25) is 14.4 Å². The maximum atomic E-state index is 12.8. The van der Waals surface area contributed by atoms with E-state index in [1.54, 1.807) is 47.6 Å². The Hall–Kier alpha value is -3.41. The second-order valence-corrected chi connectivity index (χ2v) is 6.49. The molecule has 2 amide bonds. The lowest BCUT2D eigenvalue weighted by atomic mass is 10.1. The van der Waals surface area contributed by atoms with Gasteiger partial charge in [0.15, 0.2) is 0 Å². The first kappa shape index (κ1) is 29.6. The highest BCUT2D eigenvalue weighted by Gasteiger charge is 2.29. The average Bonchev–Trinajstić information content (AvgIpc) is 3.28. The summed E-state index contributed by atoms with van der Waals surface area (Å²) in [5.74, 6) is -1.24. The Kier molecular flexibility index (Phi) is 14.6. The van der Waals surface area contributed by atoms with Crippen molar-refractivity contribution in [1.29, 1.82) is 0 Å². The fraction of sp³-hybridized carbons (Fsp3) is 0.370. The number of Topliss-reactive ketones (excluding diaryl/α,β-unsaturated/α-hetero) is 1. The molecule has 1 aliphatic heterocycles. The Morgan fingerprint density at radius 2 is 1.45 bits per heavy atom. The maximum Gasteiger partial charge on any atom is 0.295 e. The smallest absolute Gasteiger partial charge is 0.295 e. The molecule has 1 saturated heterocycles.